The molecule has 2 amide bonds. The van der Waals surface area contributed by atoms with Gasteiger partial charge < -0.3 is 14.7 Å². The molecule has 0 bridgehead atoms. The number of hydrogen-bond donors (Lipinski definition) is 0. The summed E-state index contributed by atoms with van der Waals surface area (Å²) in [4.78, 5) is 18.6. The number of halogens is 1. The van der Waals surface area contributed by atoms with Crippen LogP contribution in [0.25, 0.3) is 0 Å². The van der Waals surface area contributed by atoms with Crippen LogP contribution in [-0.4, -0.2) is 55.1 Å². The average Bonchev–Trinajstić information content (AvgIpc) is 2.55. The Bertz CT molecular complexity index is 463. The molecule has 1 fully saturated rings. The van der Waals surface area contributed by atoms with Crippen molar-refractivity contribution in [1.82, 2.24) is 9.80 Å². The number of benzene rings is 1. The van der Waals surface area contributed by atoms with Crippen LogP contribution in [0.4, 0.5) is 14.9 Å². The monoisotopic (exact) mass is 307 g/mol. The Morgan fingerprint density at radius 2 is 1.59 bits per heavy atom. The molecule has 1 saturated heterocycles. The highest BCUT2D eigenvalue weighted by molar-refractivity contribution is 5.74. The summed E-state index contributed by atoms with van der Waals surface area (Å²) in [6, 6.07) is 6.72. The average molecular weight is 307 g/mol. The van der Waals surface area contributed by atoms with Crippen molar-refractivity contribution in [2.75, 3.05) is 44.2 Å². The quantitative estimate of drug-likeness (QED) is 0.835. The van der Waals surface area contributed by atoms with Gasteiger partial charge in [0.05, 0.1) is 0 Å². The van der Waals surface area contributed by atoms with Crippen molar-refractivity contribution in [3.8, 4) is 0 Å². The first-order chi connectivity index (χ1) is 10.7. The van der Waals surface area contributed by atoms with Crippen molar-refractivity contribution in [1.29, 1.82) is 0 Å². The molecule has 5 heteroatoms. The van der Waals surface area contributed by atoms with E-state index in [2.05, 4.69) is 18.7 Å². The van der Waals surface area contributed by atoms with Gasteiger partial charge in [-0.3, -0.25) is 0 Å². The smallest absolute Gasteiger partial charge is 0.320 e. The molecular weight excluding hydrogens is 281 g/mol. The van der Waals surface area contributed by atoms with Crippen molar-refractivity contribution >= 4 is 11.7 Å². The van der Waals surface area contributed by atoms with Crippen molar-refractivity contribution in [2.24, 2.45) is 0 Å². The number of carbonyl (C=O) groups is 1. The first kappa shape index (κ1) is 16.6. The number of piperazine rings is 1. The Morgan fingerprint density at radius 3 is 2.09 bits per heavy atom. The second-order valence-electron chi connectivity index (χ2n) is 5.72. The summed E-state index contributed by atoms with van der Waals surface area (Å²) in [5.41, 5.74) is 1.02. The number of nitrogens with zero attached hydrogens (tertiary/aromatic N) is 3. The molecule has 0 saturated carbocycles. The van der Waals surface area contributed by atoms with Gasteiger partial charge in [-0.05, 0) is 37.1 Å². The molecule has 0 unspecified atom stereocenters. The number of amides is 2. The summed E-state index contributed by atoms with van der Waals surface area (Å²) in [5, 5.41) is 0. The van der Waals surface area contributed by atoms with E-state index >= 15 is 0 Å². The van der Waals surface area contributed by atoms with Gasteiger partial charge in [-0.2, -0.15) is 0 Å². The Balaban J connectivity index is 1.90. The van der Waals surface area contributed by atoms with E-state index in [0.717, 1.165) is 57.8 Å². The zero-order valence-corrected chi connectivity index (χ0v) is 13.6. The van der Waals surface area contributed by atoms with Gasteiger partial charge in [-0.25, -0.2) is 9.18 Å². The van der Waals surface area contributed by atoms with Crippen LogP contribution >= 0.6 is 0 Å². The lowest BCUT2D eigenvalue weighted by Crippen LogP contribution is -2.53. The summed E-state index contributed by atoms with van der Waals surface area (Å²) in [7, 11) is 0. The standard InChI is InChI=1S/C17H26FN3O/c1-3-9-20(10-4-2)17(22)21-13-11-19(12-14-21)16-7-5-15(18)6-8-16/h5-8H,3-4,9-14H2,1-2H3. The molecule has 0 spiro atoms. The Kier molecular flexibility index (Phi) is 6.04. The molecule has 22 heavy (non-hydrogen) atoms. The van der Waals surface area contributed by atoms with Gasteiger partial charge in [0.25, 0.3) is 0 Å². The number of anilines is 1. The van der Waals surface area contributed by atoms with Crippen LogP contribution in [-0.2, 0) is 0 Å². The molecule has 1 aliphatic heterocycles. The highest BCUT2D eigenvalue weighted by Gasteiger charge is 2.24. The highest BCUT2D eigenvalue weighted by Crippen LogP contribution is 2.17. The zero-order chi connectivity index (χ0) is 15.9. The Labute approximate surface area is 132 Å². The first-order valence-electron chi connectivity index (χ1n) is 8.20. The zero-order valence-electron chi connectivity index (χ0n) is 13.6. The van der Waals surface area contributed by atoms with E-state index in [1.807, 2.05) is 9.80 Å². The molecule has 1 aromatic rings. The van der Waals surface area contributed by atoms with Gasteiger partial charge >= 0.3 is 6.03 Å². The topological polar surface area (TPSA) is 26.8 Å². The van der Waals surface area contributed by atoms with E-state index in [0.29, 0.717) is 0 Å². The van der Waals surface area contributed by atoms with E-state index in [-0.39, 0.29) is 11.8 Å². The fourth-order valence-electron chi connectivity index (χ4n) is 2.85. The second-order valence-corrected chi connectivity index (χ2v) is 5.72. The van der Waals surface area contributed by atoms with Crippen LogP contribution in [0.1, 0.15) is 26.7 Å². The SMILES string of the molecule is CCCN(CCC)C(=O)N1CCN(c2ccc(F)cc2)CC1. The van der Waals surface area contributed by atoms with Crippen LogP contribution in [0.5, 0.6) is 0 Å². The highest BCUT2D eigenvalue weighted by atomic mass is 19.1. The lowest BCUT2D eigenvalue weighted by molar-refractivity contribution is 0.150. The predicted octanol–water partition coefficient (Wildman–Crippen LogP) is 3.19. The molecule has 4 nitrogen and oxygen atoms in total. The third-order valence-electron chi connectivity index (χ3n) is 4.00. The molecule has 0 radical (unpaired) electrons. The molecular formula is C17H26FN3O. The van der Waals surface area contributed by atoms with Crippen LogP contribution < -0.4 is 4.90 Å². The minimum absolute atomic E-state index is 0.155. The van der Waals surface area contributed by atoms with Crippen molar-refractivity contribution < 1.29 is 9.18 Å². The minimum atomic E-state index is -0.215. The van der Waals surface area contributed by atoms with E-state index in [9.17, 15) is 9.18 Å². The fraction of sp³-hybridized carbons (Fsp3) is 0.588. The number of hydrogen-bond acceptors (Lipinski definition) is 2. The maximum Gasteiger partial charge on any atom is 0.320 e. The van der Waals surface area contributed by atoms with Gasteiger partial charge in [-0.1, -0.05) is 13.8 Å². The molecule has 0 atom stereocenters. The van der Waals surface area contributed by atoms with Crippen LogP contribution in [0.2, 0.25) is 0 Å². The van der Waals surface area contributed by atoms with Gasteiger partial charge in [0.15, 0.2) is 0 Å². The predicted molar refractivity (Wildman–Crippen MR) is 87.7 cm³/mol. The van der Waals surface area contributed by atoms with Crippen molar-refractivity contribution in [2.45, 2.75) is 26.7 Å². The first-order valence-corrected chi connectivity index (χ1v) is 8.20. The molecule has 2 rings (SSSR count). The molecule has 1 aromatic carbocycles. The van der Waals surface area contributed by atoms with Crippen LogP contribution in [0.3, 0.4) is 0 Å². The van der Waals surface area contributed by atoms with E-state index in [4.69, 9.17) is 0 Å². The molecule has 0 N–H and O–H groups in total. The fourth-order valence-corrected chi connectivity index (χ4v) is 2.85. The van der Waals surface area contributed by atoms with Gasteiger partial charge in [0.2, 0.25) is 0 Å². The summed E-state index contributed by atoms with van der Waals surface area (Å²) >= 11 is 0. The van der Waals surface area contributed by atoms with Crippen LogP contribution in [0.15, 0.2) is 24.3 Å². The normalized spacial score (nSPS) is 15.0. The van der Waals surface area contributed by atoms with Gasteiger partial charge in [0, 0.05) is 45.0 Å². The molecule has 122 valence electrons. The van der Waals surface area contributed by atoms with Crippen LogP contribution in [0, 0.1) is 5.82 Å². The summed E-state index contributed by atoms with van der Waals surface area (Å²) in [5.74, 6) is -0.215. The van der Waals surface area contributed by atoms with E-state index in [1.165, 1.54) is 12.1 Å². The summed E-state index contributed by atoms with van der Waals surface area (Å²) in [6.45, 7) is 8.88. The molecule has 1 aliphatic rings. The largest absolute Gasteiger partial charge is 0.368 e. The number of urea groups is 1. The number of carbonyl (C=O) groups excluding carboxylic acids is 1. The van der Waals surface area contributed by atoms with E-state index < -0.39 is 0 Å². The third kappa shape index (κ3) is 4.12. The molecule has 0 aliphatic carbocycles. The van der Waals surface area contributed by atoms with Gasteiger partial charge in [-0.15, -0.1) is 0 Å². The Hall–Kier alpha value is -1.78. The molecule has 0 aromatic heterocycles. The van der Waals surface area contributed by atoms with Gasteiger partial charge in [0.1, 0.15) is 5.82 Å². The van der Waals surface area contributed by atoms with Crippen molar-refractivity contribution in [3.05, 3.63) is 30.1 Å². The second kappa shape index (κ2) is 8.01. The number of rotatable bonds is 5. The van der Waals surface area contributed by atoms with Crippen molar-refractivity contribution in [3.63, 3.8) is 0 Å². The third-order valence-corrected chi connectivity index (χ3v) is 4.00. The van der Waals surface area contributed by atoms with E-state index in [1.54, 1.807) is 12.1 Å². The maximum atomic E-state index is 13.0. The lowest BCUT2D eigenvalue weighted by atomic mass is 10.2. The summed E-state index contributed by atoms with van der Waals surface area (Å²) < 4.78 is 13.0. The summed E-state index contributed by atoms with van der Waals surface area (Å²) in [6.07, 6.45) is 1.97. The lowest BCUT2D eigenvalue weighted by Gasteiger charge is -2.38. The maximum absolute atomic E-state index is 13.0. The Morgan fingerprint density at radius 1 is 1.05 bits per heavy atom. The molecule has 1 heterocycles. The minimum Gasteiger partial charge on any atom is -0.368 e.